The van der Waals surface area contributed by atoms with Crippen molar-refractivity contribution in [2.45, 2.75) is 59.8 Å². The molecular weight excluding hydrogens is 244 g/mol. The second-order valence-corrected chi connectivity index (χ2v) is 7.96. The van der Waals surface area contributed by atoms with E-state index in [-0.39, 0.29) is 0 Å². The number of hydrogen-bond donors (Lipinski definition) is 1. The third-order valence-corrected chi connectivity index (χ3v) is 5.91. The maximum absolute atomic E-state index is 3.66. The lowest BCUT2D eigenvalue weighted by molar-refractivity contribution is 0.0465. The predicted octanol–water partition coefficient (Wildman–Crippen LogP) is 3.77. The molecule has 20 heavy (non-hydrogen) atoms. The van der Waals surface area contributed by atoms with Gasteiger partial charge in [-0.25, -0.2) is 0 Å². The molecule has 1 saturated heterocycles. The molecule has 2 nitrogen and oxygen atoms in total. The van der Waals surface area contributed by atoms with Gasteiger partial charge in [0.25, 0.3) is 0 Å². The van der Waals surface area contributed by atoms with E-state index in [1.54, 1.807) is 0 Å². The van der Waals surface area contributed by atoms with Gasteiger partial charge in [0.2, 0.25) is 0 Å². The van der Waals surface area contributed by atoms with Crippen molar-refractivity contribution in [1.82, 2.24) is 10.2 Å². The van der Waals surface area contributed by atoms with Gasteiger partial charge in [-0.1, -0.05) is 40.5 Å². The molecule has 1 heterocycles. The summed E-state index contributed by atoms with van der Waals surface area (Å²) in [6.45, 7) is 15.9. The lowest BCUT2D eigenvalue weighted by Crippen LogP contribution is -2.50. The molecule has 1 aliphatic heterocycles. The highest BCUT2D eigenvalue weighted by atomic mass is 15.1. The van der Waals surface area contributed by atoms with Crippen molar-refractivity contribution in [2.24, 2.45) is 23.2 Å². The third-order valence-electron chi connectivity index (χ3n) is 5.91. The first kappa shape index (κ1) is 16.3. The van der Waals surface area contributed by atoms with Gasteiger partial charge in [0, 0.05) is 19.6 Å². The van der Waals surface area contributed by atoms with Gasteiger partial charge >= 0.3 is 0 Å². The second-order valence-electron chi connectivity index (χ2n) is 7.96. The molecule has 1 saturated carbocycles. The molecule has 0 spiro atoms. The molecule has 2 aliphatic rings. The number of rotatable bonds is 5. The highest BCUT2D eigenvalue weighted by Crippen LogP contribution is 2.40. The predicted molar refractivity (Wildman–Crippen MR) is 88.0 cm³/mol. The van der Waals surface area contributed by atoms with Crippen molar-refractivity contribution in [3.8, 4) is 0 Å². The highest BCUT2D eigenvalue weighted by molar-refractivity contribution is 4.91. The quantitative estimate of drug-likeness (QED) is 0.824. The van der Waals surface area contributed by atoms with E-state index < -0.39 is 0 Å². The SMILES string of the molecule is CCNCC1(CN2CCC(C)C(C)C2)CCCC(C)C1. The fraction of sp³-hybridized carbons (Fsp3) is 1.00. The molecule has 2 fully saturated rings. The molecule has 2 heteroatoms. The second kappa shape index (κ2) is 7.26. The summed E-state index contributed by atoms with van der Waals surface area (Å²) in [6, 6.07) is 0. The van der Waals surface area contributed by atoms with E-state index >= 15 is 0 Å². The molecule has 1 aliphatic carbocycles. The Balaban J connectivity index is 1.96. The van der Waals surface area contributed by atoms with Crippen molar-refractivity contribution in [3.63, 3.8) is 0 Å². The molecule has 0 amide bonds. The van der Waals surface area contributed by atoms with Crippen LogP contribution in [0.25, 0.3) is 0 Å². The van der Waals surface area contributed by atoms with Crippen molar-refractivity contribution in [1.29, 1.82) is 0 Å². The molecule has 0 bridgehead atoms. The molecule has 0 aromatic rings. The zero-order valence-electron chi connectivity index (χ0n) is 14.3. The number of hydrogen-bond acceptors (Lipinski definition) is 2. The summed E-state index contributed by atoms with van der Waals surface area (Å²) < 4.78 is 0. The fourth-order valence-corrected chi connectivity index (χ4v) is 4.49. The molecule has 0 radical (unpaired) electrons. The number of nitrogens with zero attached hydrogens (tertiary/aromatic N) is 1. The topological polar surface area (TPSA) is 15.3 Å². The summed E-state index contributed by atoms with van der Waals surface area (Å²) in [4.78, 5) is 2.78. The minimum absolute atomic E-state index is 0.550. The standard InChI is InChI=1S/C18H36N2/c1-5-19-13-18(9-6-7-15(2)11-18)14-20-10-8-16(3)17(4)12-20/h15-17,19H,5-14H2,1-4H3. The van der Waals surface area contributed by atoms with E-state index in [1.807, 2.05) is 0 Å². The Morgan fingerprint density at radius 1 is 1.15 bits per heavy atom. The van der Waals surface area contributed by atoms with Gasteiger partial charge in [0.1, 0.15) is 0 Å². The van der Waals surface area contributed by atoms with Crippen LogP contribution in [0.5, 0.6) is 0 Å². The lowest BCUT2D eigenvalue weighted by Gasteiger charge is -2.46. The molecule has 2 rings (SSSR count). The first-order valence-corrected chi connectivity index (χ1v) is 8.98. The minimum Gasteiger partial charge on any atom is -0.316 e. The largest absolute Gasteiger partial charge is 0.316 e. The first-order valence-electron chi connectivity index (χ1n) is 8.98. The van der Waals surface area contributed by atoms with Crippen LogP contribution in [0.1, 0.15) is 59.8 Å². The van der Waals surface area contributed by atoms with Gasteiger partial charge in [-0.3, -0.25) is 0 Å². The van der Waals surface area contributed by atoms with Crippen molar-refractivity contribution in [3.05, 3.63) is 0 Å². The van der Waals surface area contributed by atoms with Crippen LogP contribution >= 0.6 is 0 Å². The van der Waals surface area contributed by atoms with Crippen LogP contribution in [0.2, 0.25) is 0 Å². The zero-order chi connectivity index (χ0) is 14.6. The van der Waals surface area contributed by atoms with E-state index in [9.17, 15) is 0 Å². The van der Waals surface area contributed by atoms with Crippen LogP contribution in [0, 0.1) is 23.2 Å². The van der Waals surface area contributed by atoms with E-state index in [0.717, 1.165) is 24.3 Å². The Bertz CT molecular complexity index is 291. The highest BCUT2D eigenvalue weighted by Gasteiger charge is 2.37. The summed E-state index contributed by atoms with van der Waals surface area (Å²) in [5.41, 5.74) is 0.550. The summed E-state index contributed by atoms with van der Waals surface area (Å²) in [5.74, 6) is 2.71. The minimum atomic E-state index is 0.550. The van der Waals surface area contributed by atoms with Gasteiger partial charge in [-0.05, 0) is 55.5 Å². The van der Waals surface area contributed by atoms with E-state index in [2.05, 4.69) is 37.9 Å². The number of likely N-dealkylation sites (tertiary alicyclic amines) is 1. The Morgan fingerprint density at radius 3 is 2.60 bits per heavy atom. The molecule has 4 atom stereocenters. The maximum atomic E-state index is 3.66. The monoisotopic (exact) mass is 280 g/mol. The number of nitrogens with one attached hydrogen (secondary N) is 1. The third kappa shape index (κ3) is 4.21. The molecule has 118 valence electrons. The Kier molecular flexibility index (Phi) is 5.92. The molecule has 0 aromatic heterocycles. The van der Waals surface area contributed by atoms with Gasteiger partial charge in [-0.2, -0.15) is 0 Å². The summed E-state index contributed by atoms with van der Waals surface area (Å²) in [5, 5.41) is 3.66. The Labute approximate surface area is 126 Å². The van der Waals surface area contributed by atoms with Crippen LogP contribution in [0.4, 0.5) is 0 Å². The fourth-order valence-electron chi connectivity index (χ4n) is 4.49. The van der Waals surface area contributed by atoms with Crippen LogP contribution in [-0.4, -0.2) is 37.6 Å². The van der Waals surface area contributed by atoms with E-state index in [0.29, 0.717) is 5.41 Å². The average Bonchev–Trinajstić information content (AvgIpc) is 2.41. The lowest BCUT2D eigenvalue weighted by atomic mass is 9.69. The van der Waals surface area contributed by atoms with Crippen LogP contribution in [-0.2, 0) is 0 Å². The van der Waals surface area contributed by atoms with Gasteiger partial charge in [-0.15, -0.1) is 0 Å². The summed E-state index contributed by atoms with van der Waals surface area (Å²) in [7, 11) is 0. The summed E-state index contributed by atoms with van der Waals surface area (Å²) in [6.07, 6.45) is 7.15. The van der Waals surface area contributed by atoms with Gasteiger partial charge in [0.05, 0.1) is 0 Å². The van der Waals surface area contributed by atoms with E-state index in [4.69, 9.17) is 0 Å². The van der Waals surface area contributed by atoms with Crippen LogP contribution < -0.4 is 5.32 Å². The van der Waals surface area contributed by atoms with Crippen LogP contribution in [0.15, 0.2) is 0 Å². The van der Waals surface area contributed by atoms with E-state index in [1.165, 1.54) is 58.3 Å². The Hall–Kier alpha value is -0.0800. The van der Waals surface area contributed by atoms with Crippen LogP contribution in [0.3, 0.4) is 0 Å². The van der Waals surface area contributed by atoms with Crippen molar-refractivity contribution < 1.29 is 0 Å². The van der Waals surface area contributed by atoms with Crippen molar-refractivity contribution in [2.75, 3.05) is 32.7 Å². The number of piperidine rings is 1. The molecule has 1 N–H and O–H groups in total. The average molecular weight is 280 g/mol. The zero-order valence-corrected chi connectivity index (χ0v) is 14.3. The molecule has 0 aromatic carbocycles. The molecule has 4 unspecified atom stereocenters. The molecular formula is C18H36N2. The first-order chi connectivity index (χ1) is 9.54. The van der Waals surface area contributed by atoms with Gasteiger partial charge in [0.15, 0.2) is 0 Å². The normalized spacial score (nSPS) is 39.9. The summed E-state index contributed by atoms with van der Waals surface area (Å²) >= 11 is 0. The maximum Gasteiger partial charge on any atom is 0.00504 e. The van der Waals surface area contributed by atoms with Crippen molar-refractivity contribution >= 4 is 0 Å². The Morgan fingerprint density at radius 2 is 1.95 bits per heavy atom. The van der Waals surface area contributed by atoms with Gasteiger partial charge < -0.3 is 10.2 Å². The smallest absolute Gasteiger partial charge is 0.00504 e.